The third kappa shape index (κ3) is 3.31. The molecule has 6 nitrogen and oxygen atoms in total. The van der Waals surface area contributed by atoms with E-state index in [2.05, 4.69) is 53.4 Å². The molecule has 1 amide bonds. The lowest BCUT2D eigenvalue weighted by atomic mass is 9.30. The van der Waals surface area contributed by atoms with Gasteiger partial charge in [0.05, 0.1) is 11.5 Å². The van der Waals surface area contributed by atoms with Crippen LogP contribution < -0.4 is 11.1 Å². The number of aliphatic hydroxyl groups is 1. The number of carboxylic acids is 1. The van der Waals surface area contributed by atoms with Crippen molar-refractivity contribution >= 4 is 11.9 Å². The maximum Gasteiger partial charge on any atom is 0.322 e. The molecule has 0 saturated heterocycles. The fourth-order valence-electron chi connectivity index (χ4n) is 12.0. The van der Waals surface area contributed by atoms with Crippen LogP contribution >= 0.6 is 0 Å². The Labute approximate surface area is 229 Å². The van der Waals surface area contributed by atoms with Crippen molar-refractivity contribution in [1.29, 1.82) is 0 Å². The van der Waals surface area contributed by atoms with Gasteiger partial charge in [-0.25, -0.2) is 0 Å². The zero-order chi connectivity index (χ0) is 28.1. The minimum atomic E-state index is -1.01. The summed E-state index contributed by atoms with van der Waals surface area (Å²) in [4.78, 5) is 25.1. The van der Waals surface area contributed by atoms with Crippen LogP contribution in [0.3, 0.4) is 0 Å². The molecule has 0 radical (unpaired) electrons. The highest BCUT2D eigenvalue weighted by Crippen LogP contribution is 2.78. The number of carbonyl (C=O) groups excluding carboxylic acids is 1. The van der Waals surface area contributed by atoms with E-state index in [1.807, 2.05) is 0 Å². The first kappa shape index (κ1) is 28.1. The second kappa shape index (κ2) is 8.55. The number of rotatable bonds is 4. The number of carboxylic acid groups (broad SMARTS) is 1. The SMILES string of the molecule is C=C(C)[C@@H]1CC[C@]2(C(=O)NCC(=O)O)CC[C@@]3(C)[C@]4(C)CC[C@H]5C(C)(C)[C@@H](O)CC[C@]5(C)[C@H]4CC[C@]3(N)[C@@H]12. The first-order chi connectivity index (χ1) is 17.5. The summed E-state index contributed by atoms with van der Waals surface area (Å²) in [5.41, 5.74) is 7.71. The summed E-state index contributed by atoms with van der Waals surface area (Å²) >= 11 is 0. The van der Waals surface area contributed by atoms with E-state index in [-0.39, 0.29) is 52.1 Å². The number of aliphatic hydroxyl groups excluding tert-OH is 1. The van der Waals surface area contributed by atoms with Crippen LogP contribution in [0.25, 0.3) is 0 Å². The quantitative estimate of drug-likeness (QED) is 0.371. The lowest BCUT2D eigenvalue weighted by Gasteiger charge is -2.75. The lowest BCUT2D eigenvalue weighted by molar-refractivity contribution is -0.253. The van der Waals surface area contributed by atoms with E-state index in [1.165, 1.54) is 0 Å². The number of amides is 1. The molecular formula is C32H52N2O4. The Bertz CT molecular complexity index is 1040. The van der Waals surface area contributed by atoms with Crippen LogP contribution in [-0.4, -0.2) is 40.3 Å². The van der Waals surface area contributed by atoms with Gasteiger partial charge in [-0.3, -0.25) is 9.59 Å². The van der Waals surface area contributed by atoms with Crippen molar-refractivity contribution in [2.24, 2.45) is 56.5 Å². The molecule has 0 spiro atoms. The van der Waals surface area contributed by atoms with Crippen molar-refractivity contribution in [1.82, 2.24) is 5.32 Å². The van der Waals surface area contributed by atoms with Gasteiger partial charge in [0.1, 0.15) is 6.54 Å². The second-order valence-electron chi connectivity index (χ2n) is 15.6. The zero-order valence-electron chi connectivity index (χ0n) is 24.7. The molecule has 0 unspecified atom stereocenters. The number of nitrogens with two attached hydrogens (primary N) is 1. The first-order valence-corrected chi connectivity index (χ1v) is 15.1. The minimum absolute atomic E-state index is 0.0343. The molecule has 0 aliphatic heterocycles. The number of allylic oxidation sites excluding steroid dienone is 1. The van der Waals surface area contributed by atoms with Gasteiger partial charge in [0, 0.05) is 5.54 Å². The van der Waals surface area contributed by atoms with Gasteiger partial charge in [-0.2, -0.15) is 0 Å². The van der Waals surface area contributed by atoms with Gasteiger partial charge in [-0.05, 0) is 116 Å². The molecule has 0 aromatic heterocycles. The standard InChI is InChI=1S/C32H52N2O4/c1-19(2)20-8-14-31(26(38)34-18-24(36)37)17-16-30(7)29(6)13-9-21-27(3,4)23(35)11-12-28(21,5)22(29)10-15-32(30,33)25(20)31/h20-23,25,35H,1,8-18,33H2,2-7H3,(H,34,38)(H,36,37)/t20-,21-,22+,23-,25-,28-,29+,30-,31-,32-/m0/s1. The van der Waals surface area contributed by atoms with E-state index in [1.54, 1.807) is 0 Å². The zero-order valence-corrected chi connectivity index (χ0v) is 24.7. The van der Waals surface area contributed by atoms with Gasteiger partial charge in [0.15, 0.2) is 0 Å². The molecule has 214 valence electrons. The van der Waals surface area contributed by atoms with E-state index in [0.29, 0.717) is 11.8 Å². The second-order valence-corrected chi connectivity index (χ2v) is 15.6. The van der Waals surface area contributed by atoms with E-state index >= 15 is 0 Å². The van der Waals surface area contributed by atoms with Crippen LogP contribution in [0.4, 0.5) is 0 Å². The Morgan fingerprint density at radius 3 is 2.21 bits per heavy atom. The van der Waals surface area contributed by atoms with Gasteiger partial charge in [0.2, 0.25) is 5.91 Å². The molecule has 38 heavy (non-hydrogen) atoms. The fourth-order valence-corrected chi connectivity index (χ4v) is 12.0. The van der Waals surface area contributed by atoms with Crippen molar-refractivity contribution in [2.75, 3.05) is 6.54 Å². The summed E-state index contributed by atoms with van der Waals surface area (Å²) in [5.74, 6) is 0.0259. The molecule has 0 heterocycles. The number of hydrogen-bond acceptors (Lipinski definition) is 4. The highest BCUT2D eigenvalue weighted by molar-refractivity contribution is 5.87. The third-order valence-electron chi connectivity index (χ3n) is 14.2. The number of fused-ring (bicyclic) bond motifs is 7. The maximum absolute atomic E-state index is 13.8. The Hall–Kier alpha value is -1.40. The van der Waals surface area contributed by atoms with E-state index in [4.69, 9.17) is 5.73 Å². The van der Waals surface area contributed by atoms with Crippen LogP contribution in [0, 0.1) is 50.7 Å². The van der Waals surface area contributed by atoms with Crippen LogP contribution in [0.1, 0.15) is 106 Å². The highest BCUT2D eigenvalue weighted by Gasteiger charge is 2.76. The normalized spacial score (nSPS) is 51.1. The highest BCUT2D eigenvalue weighted by atomic mass is 16.4. The smallest absolute Gasteiger partial charge is 0.322 e. The Morgan fingerprint density at radius 1 is 0.921 bits per heavy atom. The molecular weight excluding hydrogens is 476 g/mol. The monoisotopic (exact) mass is 528 g/mol. The minimum Gasteiger partial charge on any atom is -0.480 e. The van der Waals surface area contributed by atoms with Gasteiger partial charge in [-0.15, -0.1) is 0 Å². The molecule has 5 saturated carbocycles. The topological polar surface area (TPSA) is 113 Å². The average molecular weight is 529 g/mol. The summed E-state index contributed by atoms with van der Waals surface area (Å²) in [6.07, 6.45) is 9.13. The van der Waals surface area contributed by atoms with E-state index in [9.17, 15) is 19.8 Å². The molecule has 5 aliphatic rings. The summed E-state index contributed by atoms with van der Waals surface area (Å²) in [5, 5.41) is 23.0. The number of aliphatic carboxylic acids is 1. The molecule has 6 heteroatoms. The average Bonchev–Trinajstić information content (AvgIpc) is 3.24. The van der Waals surface area contributed by atoms with E-state index < -0.39 is 16.9 Å². The predicted molar refractivity (Wildman–Crippen MR) is 149 cm³/mol. The molecule has 0 aromatic rings. The van der Waals surface area contributed by atoms with Gasteiger partial charge >= 0.3 is 5.97 Å². The van der Waals surface area contributed by atoms with Gasteiger partial charge in [-0.1, -0.05) is 46.8 Å². The van der Waals surface area contributed by atoms with Crippen molar-refractivity contribution in [2.45, 2.75) is 117 Å². The van der Waals surface area contributed by atoms with Crippen molar-refractivity contribution in [3.8, 4) is 0 Å². The van der Waals surface area contributed by atoms with Crippen LogP contribution in [0.5, 0.6) is 0 Å². The molecule has 5 rings (SSSR count). The molecule has 0 aromatic carbocycles. The summed E-state index contributed by atoms with van der Waals surface area (Å²) < 4.78 is 0. The predicted octanol–water partition coefficient (Wildman–Crippen LogP) is 5.29. The first-order valence-electron chi connectivity index (χ1n) is 15.1. The molecule has 10 atom stereocenters. The lowest BCUT2D eigenvalue weighted by Crippen LogP contribution is -2.77. The van der Waals surface area contributed by atoms with Gasteiger partial charge in [0.25, 0.3) is 0 Å². The third-order valence-corrected chi connectivity index (χ3v) is 14.2. The molecule has 5 aliphatic carbocycles. The maximum atomic E-state index is 13.8. The van der Waals surface area contributed by atoms with Gasteiger partial charge < -0.3 is 21.3 Å². The Kier molecular flexibility index (Phi) is 6.33. The molecule has 5 N–H and O–H groups in total. The summed E-state index contributed by atoms with van der Waals surface area (Å²) in [7, 11) is 0. The number of nitrogens with one attached hydrogen (secondary N) is 1. The van der Waals surface area contributed by atoms with Crippen LogP contribution in [0.2, 0.25) is 0 Å². The van der Waals surface area contributed by atoms with Crippen LogP contribution in [-0.2, 0) is 9.59 Å². The Morgan fingerprint density at radius 2 is 1.58 bits per heavy atom. The molecule has 5 fully saturated rings. The molecule has 0 bridgehead atoms. The van der Waals surface area contributed by atoms with Crippen molar-refractivity contribution in [3.05, 3.63) is 12.2 Å². The Balaban J connectivity index is 1.58. The summed E-state index contributed by atoms with van der Waals surface area (Å²) in [6.45, 7) is 18.1. The van der Waals surface area contributed by atoms with Crippen molar-refractivity contribution in [3.63, 3.8) is 0 Å². The number of carbonyl (C=O) groups is 2. The van der Waals surface area contributed by atoms with E-state index in [0.717, 1.165) is 69.8 Å². The largest absolute Gasteiger partial charge is 0.480 e. The number of hydrogen-bond donors (Lipinski definition) is 4. The van der Waals surface area contributed by atoms with Crippen molar-refractivity contribution < 1.29 is 19.8 Å². The van der Waals surface area contributed by atoms with Crippen LogP contribution in [0.15, 0.2) is 12.2 Å². The summed E-state index contributed by atoms with van der Waals surface area (Å²) in [6, 6.07) is 0. The fraction of sp³-hybridized carbons (Fsp3) is 0.875.